The Kier molecular flexibility index (Phi) is 8.95. The van der Waals surface area contributed by atoms with Crippen LogP contribution in [0.5, 0.6) is 0 Å². The van der Waals surface area contributed by atoms with E-state index < -0.39 is 0 Å². The number of hydrogen-bond donors (Lipinski definition) is 0. The first-order valence-electron chi connectivity index (χ1n) is 23.9. The van der Waals surface area contributed by atoms with Gasteiger partial charge in [0.15, 0.2) is 0 Å². The third-order valence-electron chi connectivity index (χ3n) is 15.2. The summed E-state index contributed by atoms with van der Waals surface area (Å²) in [4.78, 5) is 2.45. The van der Waals surface area contributed by atoms with E-state index in [0.717, 1.165) is 17.1 Å². The third-order valence-corrected chi connectivity index (χ3v) is 15.2. The Balaban J connectivity index is 0.931. The molecule has 0 amide bonds. The summed E-state index contributed by atoms with van der Waals surface area (Å²) in [5.74, 6) is 0. The number of nitrogens with zero attached hydrogens (tertiary/aromatic N) is 2. The van der Waals surface area contributed by atoms with E-state index in [4.69, 9.17) is 0 Å². The third kappa shape index (κ3) is 6.10. The van der Waals surface area contributed by atoms with E-state index in [1.165, 1.54) is 105 Å². The van der Waals surface area contributed by atoms with Gasteiger partial charge >= 0.3 is 0 Å². The van der Waals surface area contributed by atoms with Gasteiger partial charge in [0.2, 0.25) is 0 Å². The van der Waals surface area contributed by atoms with Gasteiger partial charge in [0.1, 0.15) is 0 Å². The molecule has 2 aliphatic carbocycles. The molecule has 1 heterocycles. The van der Waals surface area contributed by atoms with Crippen molar-refractivity contribution < 1.29 is 0 Å². The largest absolute Gasteiger partial charge is 0.310 e. The van der Waals surface area contributed by atoms with E-state index in [9.17, 15) is 0 Å². The highest BCUT2D eigenvalue weighted by Crippen LogP contribution is 2.55. The van der Waals surface area contributed by atoms with Crippen LogP contribution in [0.2, 0.25) is 0 Å². The molecule has 0 bridgehead atoms. The van der Waals surface area contributed by atoms with Crippen LogP contribution in [0.25, 0.3) is 83.1 Å². The molecular weight excluding hydrogens is 821 g/mol. The average molecular weight is 871 g/mol. The molecule has 1 aromatic heterocycles. The lowest BCUT2D eigenvalue weighted by Crippen LogP contribution is -2.16. The smallest absolute Gasteiger partial charge is 0.0543 e. The molecule has 2 nitrogen and oxygen atoms in total. The fourth-order valence-corrected chi connectivity index (χ4v) is 11.7. The summed E-state index contributed by atoms with van der Waals surface area (Å²) in [7, 11) is 0. The monoisotopic (exact) mass is 870 g/mol. The van der Waals surface area contributed by atoms with Gasteiger partial charge in [0.05, 0.1) is 16.7 Å². The minimum Gasteiger partial charge on any atom is -0.310 e. The topological polar surface area (TPSA) is 8.17 Å². The highest BCUT2D eigenvalue weighted by Gasteiger charge is 2.38. The molecule has 0 spiro atoms. The van der Waals surface area contributed by atoms with Crippen molar-refractivity contribution in [1.82, 2.24) is 4.57 Å². The predicted molar refractivity (Wildman–Crippen MR) is 287 cm³/mol. The Hall–Kier alpha value is -8.20. The number of rotatable bonds is 7. The lowest BCUT2D eigenvalue weighted by molar-refractivity contribution is 0.660. The predicted octanol–water partition coefficient (Wildman–Crippen LogP) is 17.9. The SMILES string of the molecule is CC1(C)c2ccccc2-c2ccc(-c3ccc4c(c3)c3cc(-c5ccc(N(c6ccc(-c7ccccc7)cc6)c6cccc7c6-c6ccccc6C7(C)C)cc5)ccc3n4-c3ccccc3)cc21. The standard InChI is InChI=1S/C66H50N2/c1-65(2)58-23-14-12-21-54(58)64-59(65)24-15-25-63(64)67(50-33-26-44(27-34-50)43-16-7-5-8-17-43)51-35-28-45(29-36-51)46-31-38-61-55(40-46)56-41-47(32-39-62(56)68(61)49-18-9-6-10-19-49)48-30-37-53-52-20-11-13-22-57(52)66(3,4)60(53)42-48/h5-42H,1-4H3. The van der Waals surface area contributed by atoms with Crippen LogP contribution < -0.4 is 4.90 Å². The van der Waals surface area contributed by atoms with Gasteiger partial charge < -0.3 is 9.47 Å². The fourth-order valence-electron chi connectivity index (χ4n) is 11.7. The molecule has 2 aliphatic rings. The highest BCUT2D eigenvalue weighted by molar-refractivity contribution is 6.12. The molecule has 0 unspecified atom stereocenters. The molecule has 0 saturated carbocycles. The molecule has 2 heteroatoms. The normalized spacial score (nSPS) is 13.8. The molecule has 324 valence electrons. The van der Waals surface area contributed by atoms with E-state index in [0.29, 0.717) is 0 Å². The van der Waals surface area contributed by atoms with Gasteiger partial charge in [-0.05, 0) is 145 Å². The molecule has 68 heavy (non-hydrogen) atoms. The molecule has 10 aromatic carbocycles. The number of fused-ring (bicyclic) bond motifs is 9. The molecule has 0 N–H and O–H groups in total. The van der Waals surface area contributed by atoms with E-state index in [1.807, 2.05) is 0 Å². The number of benzene rings is 10. The van der Waals surface area contributed by atoms with Crippen LogP contribution in [-0.4, -0.2) is 4.57 Å². The minimum atomic E-state index is -0.109. The van der Waals surface area contributed by atoms with Gasteiger partial charge in [-0.2, -0.15) is 0 Å². The van der Waals surface area contributed by atoms with Crippen molar-refractivity contribution >= 4 is 38.9 Å². The Bertz CT molecular complexity index is 3760. The zero-order chi connectivity index (χ0) is 45.7. The van der Waals surface area contributed by atoms with Crippen LogP contribution >= 0.6 is 0 Å². The first-order chi connectivity index (χ1) is 33.2. The van der Waals surface area contributed by atoms with Crippen LogP contribution in [0.3, 0.4) is 0 Å². The second-order valence-corrected chi connectivity index (χ2v) is 19.7. The van der Waals surface area contributed by atoms with Crippen molar-refractivity contribution in [2.45, 2.75) is 38.5 Å². The zero-order valence-corrected chi connectivity index (χ0v) is 38.8. The summed E-state index contributed by atoms with van der Waals surface area (Å²) in [6.45, 7) is 9.44. The second kappa shape index (κ2) is 15.2. The molecule has 13 rings (SSSR count). The molecular formula is C66H50N2. The molecule has 0 radical (unpaired) electrons. The van der Waals surface area contributed by atoms with Crippen LogP contribution in [-0.2, 0) is 10.8 Å². The maximum atomic E-state index is 2.45. The number of para-hydroxylation sites is 1. The summed E-state index contributed by atoms with van der Waals surface area (Å²) in [5, 5.41) is 2.48. The first kappa shape index (κ1) is 40.1. The van der Waals surface area contributed by atoms with Gasteiger partial charge in [-0.25, -0.2) is 0 Å². The Morgan fingerprint density at radius 2 is 0.765 bits per heavy atom. The van der Waals surface area contributed by atoms with Gasteiger partial charge in [0.25, 0.3) is 0 Å². The molecule has 0 atom stereocenters. The maximum Gasteiger partial charge on any atom is 0.0543 e. The minimum absolute atomic E-state index is 0.0622. The van der Waals surface area contributed by atoms with Crippen molar-refractivity contribution in [3.8, 4) is 61.3 Å². The quantitative estimate of drug-likeness (QED) is 0.155. The van der Waals surface area contributed by atoms with Gasteiger partial charge in [0, 0.05) is 44.2 Å². The number of anilines is 3. The molecule has 11 aromatic rings. The van der Waals surface area contributed by atoms with Crippen LogP contribution in [0, 0.1) is 0 Å². The van der Waals surface area contributed by atoms with E-state index in [2.05, 4.69) is 268 Å². The molecule has 0 fully saturated rings. The Morgan fingerprint density at radius 1 is 0.324 bits per heavy atom. The Labute approximate surface area is 399 Å². The van der Waals surface area contributed by atoms with E-state index in [1.54, 1.807) is 0 Å². The van der Waals surface area contributed by atoms with Crippen molar-refractivity contribution in [3.05, 3.63) is 253 Å². The first-order valence-corrected chi connectivity index (χ1v) is 23.9. The van der Waals surface area contributed by atoms with Gasteiger partial charge in [-0.15, -0.1) is 0 Å². The van der Waals surface area contributed by atoms with Crippen molar-refractivity contribution in [2.24, 2.45) is 0 Å². The fraction of sp³-hybridized carbons (Fsp3) is 0.0909. The van der Waals surface area contributed by atoms with Crippen LogP contribution in [0.1, 0.15) is 49.9 Å². The number of aromatic nitrogens is 1. The summed E-state index contributed by atoms with van der Waals surface area (Å²) in [6.07, 6.45) is 0. The van der Waals surface area contributed by atoms with Gasteiger partial charge in [-0.3, -0.25) is 0 Å². The second-order valence-electron chi connectivity index (χ2n) is 19.7. The molecule has 0 saturated heterocycles. The number of hydrogen-bond acceptors (Lipinski definition) is 1. The van der Waals surface area contributed by atoms with E-state index in [-0.39, 0.29) is 10.8 Å². The lowest BCUT2D eigenvalue weighted by Gasteiger charge is -2.29. The van der Waals surface area contributed by atoms with Crippen molar-refractivity contribution in [1.29, 1.82) is 0 Å². The highest BCUT2D eigenvalue weighted by atomic mass is 15.1. The summed E-state index contributed by atoms with van der Waals surface area (Å²) >= 11 is 0. The molecule has 0 aliphatic heterocycles. The summed E-state index contributed by atoms with van der Waals surface area (Å²) in [6, 6.07) is 85.5. The van der Waals surface area contributed by atoms with Crippen LogP contribution in [0.15, 0.2) is 231 Å². The van der Waals surface area contributed by atoms with E-state index >= 15 is 0 Å². The Morgan fingerprint density at radius 3 is 1.41 bits per heavy atom. The summed E-state index contributed by atoms with van der Waals surface area (Å²) < 4.78 is 2.42. The zero-order valence-electron chi connectivity index (χ0n) is 38.8. The van der Waals surface area contributed by atoms with Crippen molar-refractivity contribution in [2.75, 3.05) is 4.90 Å². The van der Waals surface area contributed by atoms with Crippen LogP contribution in [0.4, 0.5) is 17.1 Å². The summed E-state index contributed by atoms with van der Waals surface area (Å²) in [5.41, 5.74) is 24.9. The lowest BCUT2D eigenvalue weighted by atomic mass is 9.81. The average Bonchev–Trinajstić information content (AvgIpc) is 3.93. The van der Waals surface area contributed by atoms with Crippen molar-refractivity contribution in [3.63, 3.8) is 0 Å². The maximum absolute atomic E-state index is 2.45. The van der Waals surface area contributed by atoms with Gasteiger partial charge in [-0.1, -0.05) is 185 Å².